The number of carboxylic acids is 2. The number of fused-ring (bicyclic) bond motifs is 7. The molecule has 276 valence electrons. The molecule has 5 aliphatic rings. The van der Waals surface area contributed by atoms with Crippen molar-refractivity contribution in [3.05, 3.63) is 11.6 Å². The third-order valence-electron chi connectivity index (χ3n) is 15.4. The Kier molecular flexibility index (Phi) is 10.5. The molecule has 8 heteroatoms. The molecule has 49 heavy (non-hydrogen) atoms. The predicted molar refractivity (Wildman–Crippen MR) is 190 cm³/mol. The maximum absolute atomic E-state index is 14.3. The highest BCUT2D eigenvalue weighted by molar-refractivity contribution is 5.84. The summed E-state index contributed by atoms with van der Waals surface area (Å²) in [6.07, 6.45) is 15.4. The van der Waals surface area contributed by atoms with Crippen molar-refractivity contribution in [2.45, 2.75) is 164 Å². The van der Waals surface area contributed by atoms with Gasteiger partial charge >= 0.3 is 17.9 Å². The van der Waals surface area contributed by atoms with E-state index in [1.807, 2.05) is 0 Å². The normalized spacial score (nSPS) is 38.8. The minimum absolute atomic E-state index is 0.0141. The fourth-order valence-corrected chi connectivity index (χ4v) is 12.4. The molecule has 0 bridgehead atoms. The van der Waals surface area contributed by atoms with Gasteiger partial charge in [-0.05, 0) is 123 Å². The second-order valence-corrected chi connectivity index (χ2v) is 18.9. The van der Waals surface area contributed by atoms with Crippen LogP contribution in [0.2, 0.25) is 0 Å². The summed E-state index contributed by atoms with van der Waals surface area (Å²) in [6, 6.07) is 0. The molecule has 0 aliphatic heterocycles. The van der Waals surface area contributed by atoms with Gasteiger partial charge in [-0.2, -0.15) is 0 Å². The molecule has 0 heterocycles. The minimum Gasteiger partial charge on any atom is -0.481 e. The zero-order valence-corrected chi connectivity index (χ0v) is 31.6. The molecular weight excluding hydrogens is 618 g/mol. The lowest BCUT2D eigenvalue weighted by Gasteiger charge is -2.71. The van der Waals surface area contributed by atoms with E-state index in [-0.39, 0.29) is 75.7 Å². The number of hydrogen-bond donors (Lipinski definition) is 3. The Morgan fingerprint density at radius 2 is 1.45 bits per heavy atom. The van der Waals surface area contributed by atoms with Crippen LogP contribution in [0.3, 0.4) is 0 Å². The fourth-order valence-electron chi connectivity index (χ4n) is 12.4. The smallest absolute Gasteiger partial charge is 0.306 e. The van der Waals surface area contributed by atoms with Crippen LogP contribution in [0, 0.1) is 50.2 Å². The standard InChI is InChI=1S/C41H65NO7/c1-36(2)21-23-41(35(48)42-25-10-8-9-12-32(43)44)24-22-39(6)27(28(41)26-36)15-16-30-38(5)19-18-31(49-34(47)14-11-13-33(45)46)37(3,4)29(38)17-20-40(30,39)7/h15,28-31H,8-14,16-26H2,1-7H3,(H,42,48)(H,43,44)(H,45,46)/t28?,29?,30?,31-,38-,39+,40+,41-/m0/s1. The second-order valence-electron chi connectivity index (χ2n) is 18.9. The summed E-state index contributed by atoms with van der Waals surface area (Å²) in [5.41, 5.74) is 1.40. The van der Waals surface area contributed by atoms with Gasteiger partial charge in [0.1, 0.15) is 6.10 Å². The molecule has 0 aromatic carbocycles. The molecule has 4 saturated carbocycles. The van der Waals surface area contributed by atoms with Crippen LogP contribution in [0.25, 0.3) is 0 Å². The Labute approximate surface area is 295 Å². The molecule has 8 atom stereocenters. The Morgan fingerprint density at radius 1 is 0.776 bits per heavy atom. The van der Waals surface area contributed by atoms with E-state index >= 15 is 0 Å². The number of nitrogens with one attached hydrogen (secondary N) is 1. The van der Waals surface area contributed by atoms with Crippen molar-refractivity contribution in [1.82, 2.24) is 5.32 Å². The first kappa shape index (κ1) is 37.9. The van der Waals surface area contributed by atoms with Crippen LogP contribution in [0.4, 0.5) is 0 Å². The molecule has 3 N–H and O–H groups in total. The first-order valence-corrected chi connectivity index (χ1v) is 19.4. The molecule has 0 spiro atoms. The fraction of sp³-hybridized carbons (Fsp3) is 0.854. The summed E-state index contributed by atoms with van der Waals surface area (Å²) in [6.45, 7) is 17.6. The summed E-state index contributed by atoms with van der Waals surface area (Å²) in [7, 11) is 0. The number of hydrogen-bond acceptors (Lipinski definition) is 5. The summed E-state index contributed by atoms with van der Waals surface area (Å²) in [5, 5.41) is 21.3. The van der Waals surface area contributed by atoms with Crippen LogP contribution in [0.15, 0.2) is 11.6 Å². The zero-order valence-electron chi connectivity index (χ0n) is 31.6. The van der Waals surface area contributed by atoms with Gasteiger partial charge in [-0.3, -0.25) is 19.2 Å². The minimum atomic E-state index is -0.883. The monoisotopic (exact) mass is 683 g/mol. The third kappa shape index (κ3) is 6.72. The Morgan fingerprint density at radius 3 is 2.14 bits per heavy atom. The second kappa shape index (κ2) is 13.6. The number of esters is 1. The van der Waals surface area contributed by atoms with Crippen LogP contribution < -0.4 is 5.32 Å². The molecule has 0 radical (unpaired) electrons. The molecule has 1 amide bonds. The van der Waals surface area contributed by atoms with Crippen molar-refractivity contribution in [2.24, 2.45) is 50.2 Å². The van der Waals surface area contributed by atoms with Gasteiger partial charge in [-0.1, -0.05) is 66.5 Å². The van der Waals surface area contributed by atoms with E-state index in [1.165, 1.54) is 0 Å². The summed E-state index contributed by atoms with van der Waals surface area (Å²) in [5.74, 6) is -0.547. The van der Waals surface area contributed by atoms with Crippen molar-refractivity contribution in [1.29, 1.82) is 0 Å². The van der Waals surface area contributed by atoms with Crippen molar-refractivity contribution in [2.75, 3.05) is 6.54 Å². The maximum atomic E-state index is 14.3. The van der Waals surface area contributed by atoms with Crippen LogP contribution in [0.5, 0.6) is 0 Å². The number of carboxylic acid groups (broad SMARTS) is 2. The molecule has 4 fully saturated rings. The number of amides is 1. The molecule has 8 nitrogen and oxygen atoms in total. The number of rotatable bonds is 12. The van der Waals surface area contributed by atoms with E-state index in [9.17, 15) is 19.2 Å². The third-order valence-corrected chi connectivity index (χ3v) is 15.4. The number of allylic oxidation sites excluding steroid dienone is 2. The van der Waals surface area contributed by atoms with Gasteiger partial charge in [0.25, 0.3) is 0 Å². The van der Waals surface area contributed by atoms with Crippen molar-refractivity contribution in [3.8, 4) is 0 Å². The van der Waals surface area contributed by atoms with E-state index in [2.05, 4.69) is 59.9 Å². The SMILES string of the molecule is CC1(C)CC[C@]2(C(=O)NCCCCCC(=O)O)CC[C@]3(C)C(=CCC4[C@@]5(C)CC[C@H](OC(=O)CCCC(=O)O)C(C)(C)C5CC[C@]43C)C2C1. The Hall–Kier alpha value is -2.38. The molecule has 0 saturated heterocycles. The van der Waals surface area contributed by atoms with Crippen LogP contribution in [-0.4, -0.2) is 46.7 Å². The molecule has 5 aliphatic carbocycles. The largest absolute Gasteiger partial charge is 0.481 e. The van der Waals surface area contributed by atoms with E-state index in [0.717, 1.165) is 77.0 Å². The highest BCUT2D eigenvalue weighted by atomic mass is 16.5. The van der Waals surface area contributed by atoms with Gasteiger partial charge in [0.05, 0.1) is 5.41 Å². The molecule has 0 aromatic heterocycles. The molecule has 5 rings (SSSR count). The number of unbranched alkanes of at least 4 members (excludes halogenated alkanes) is 2. The van der Waals surface area contributed by atoms with E-state index < -0.39 is 11.9 Å². The molecule has 3 unspecified atom stereocenters. The van der Waals surface area contributed by atoms with E-state index in [0.29, 0.717) is 31.2 Å². The van der Waals surface area contributed by atoms with Crippen molar-refractivity contribution >= 4 is 23.8 Å². The number of carbonyl (C=O) groups is 4. The quantitative estimate of drug-likeness (QED) is 0.107. The van der Waals surface area contributed by atoms with Gasteiger partial charge in [-0.15, -0.1) is 0 Å². The lowest BCUT2D eigenvalue weighted by molar-refractivity contribution is -0.213. The maximum Gasteiger partial charge on any atom is 0.306 e. The average Bonchev–Trinajstić information content (AvgIpc) is 3.00. The van der Waals surface area contributed by atoms with Crippen LogP contribution in [0.1, 0.15) is 158 Å². The lowest BCUT2D eigenvalue weighted by Crippen LogP contribution is -2.65. The van der Waals surface area contributed by atoms with Gasteiger partial charge in [0, 0.05) is 31.2 Å². The lowest BCUT2D eigenvalue weighted by atomic mass is 9.33. The predicted octanol–water partition coefficient (Wildman–Crippen LogP) is 8.72. The summed E-state index contributed by atoms with van der Waals surface area (Å²) >= 11 is 0. The van der Waals surface area contributed by atoms with Crippen molar-refractivity contribution < 1.29 is 34.1 Å². The molecular formula is C41H65NO7. The Bertz CT molecular complexity index is 1330. The summed E-state index contributed by atoms with van der Waals surface area (Å²) < 4.78 is 6.11. The Balaban J connectivity index is 1.36. The van der Waals surface area contributed by atoms with Crippen LogP contribution >= 0.6 is 0 Å². The number of ether oxygens (including phenoxy) is 1. The van der Waals surface area contributed by atoms with Gasteiger partial charge in [0.15, 0.2) is 0 Å². The topological polar surface area (TPSA) is 130 Å². The summed E-state index contributed by atoms with van der Waals surface area (Å²) in [4.78, 5) is 48.9. The number of carbonyl (C=O) groups excluding carboxylic acids is 2. The highest BCUT2D eigenvalue weighted by Crippen LogP contribution is 2.75. The van der Waals surface area contributed by atoms with Gasteiger partial charge in [-0.25, -0.2) is 0 Å². The zero-order chi connectivity index (χ0) is 36.0. The van der Waals surface area contributed by atoms with E-state index in [4.69, 9.17) is 14.9 Å². The molecule has 0 aromatic rings. The highest BCUT2D eigenvalue weighted by Gasteiger charge is 2.69. The first-order valence-electron chi connectivity index (χ1n) is 19.4. The number of aliphatic carboxylic acids is 2. The average molecular weight is 684 g/mol. The van der Waals surface area contributed by atoms with E-state index in [1.54, 1.807) is 5.57 Å². The van der Waals surface area contributed by atoms with Gasteiger partial charge in [0.2, 0.25) is 5.91 Å². The first-order chi connectivity index (χ1) is 22.8. The van der Waals surface area contributed by atoms with Gasteiger partial charge < -0.3 is 20.3 Å². The van der Waals surface area contributed by atoms with Crippen LogP contribution in [-0.2, 0) is 23.9 Å². The van der Waals surface area contributed by atoms with Crippen molar-refractivity contribution in [3.63, 3.8) is 0 Å².